The minimum Gasteiger partial charge on any atom is -0.463 e. The summed E-state index contributed by atoms with van der Waals surface area (Å²) in [7, 11) is 0. The van der Waals surface area contributed by atoms with E-state index in [1.54, 1.807) is 12.1 Å². The molecular weight excluding hydrogens is 310 g/mol. The monoisotopic (exact) mass is 322 g/mol. The van der Waals surface area contributed by atoms with Crippen LogP contribution in [0.5, 0.6) is 5.75 Å². The maximum atomic E-state index is 11.7. The van der Waals surface area contributed by atoms with E-state index in [0.29, 0.717) is 0 Å². The number of halogens is 3. The number of rotatable bonds is 7. The molecule has 7 heteroatoms. The summed E-state index contributed by atoms with van der Waals surface area (Å²) in [6.07, 6.45) is 0.300. The van der Waals surface area contributed by atoms with Gasteiger partial charge >= 0.3 is 11.9 Å². The van der Waals surface area contributed by atoms with Crippen LogP contribution in [0.4, 0.5) is 4.39 Å². The summed E-state index contributed by atoms with van der Waals surface area (Å²) in [4.78, 5) is 22.6. The zero-order valence-corrected chi connectivity index (χ0v) is 12.0. The van der Waals surface area contributed by atoms with Gasteiger partial charge in [-0.25, -0.2) is 4.39 Å². The van der Waals surface area contributed by atoms with Crippen LogP contribution in [0.25, 0.3) is 0 Å². The summed E-state index contributed by atoms with van der Waals surface area (Å²) in [5.74, 6) is -0.909. The van der Waals surface area contributed by atoms with Gasteiger partial charge in [-0.1, -0.05) is 29.3 Å². The first-order chi connectivity index (χ1) is 9.54. The molecular formula is C13H13Cl2FO4. The summed E-state index contributed by atoms with van der Waals surface area (Å²) in [5, 5.41) is 0.441. The Morgan fingerprint density at radius 1 is 1.15 bits per heavy atom. The lowest BCUT2D eigenvalue weighted by Gasteiger charge is -2.07. The third kappa shape index (κ3) is 5.75. The van der Waals surface area contributed by atoms with Crippen LogP contribution >= 0.6 is 23.2 Å². The number of benzene rings is 1. The van der Waals surface area contributed by atoms with Gasteiger partial charge in [0.15, 0.2) is 5.75 Å². The molecule has 0 aliphatic carbocycles. The van der Waals surface area contributed by atoms with Gasteiger partial charge < -0.3 is 9.47 Å². The van der Waals surface area contributed by atoms with Crippen molar-refractivity contribution in [3.05, 3.63) is 28.2 Å². The first-order valence-electron chi connectivity index (χ1n) is 5.91. The fraction of sp³-hybridized carbons (Fsp3) is 0.385. The fourth-order valence-electron chi connectivity index (χ4n) is 1.34. The molecule has 0 aliphatic heterocycles. The van der Waals surface area contributed by atoms with E-state index in [1.165, 1.54) is 6.07 Å². The van der Waals surface area contributed by atoms with Gasteiger partial charge in [-0.3, -0.25) is 9.59 Å². The van der Waals surface area contributed by atoms with Gasteiger partial charge in [0.05, 0.1) is 5.02 Å². The van der Waals surface area contributed by atoms with Gasteiger partial charge in [-0.15, -0.1) is 0 Å². The Bertz CT molecular complexity index is 479. The molecule has 0 aliphatic rings. The second-order valence-corrected chi connectivity index (χ2v) is 4.57. The molecule has 0 heterocycles. The standard InChI is InChI=1S/C13H13Cl2FO4/c14-9-3-1-4-10(13(9)15)20-12(18)6-2-5-11(17)19-8-7-16/h1,3-4H,2,5-8H2. The van der Waals surface area contributed by atoms with Gasteiger partial charge in [0.1, 0.15) is 18.3 Å². The number of hydrogen-bond acceptors (Lipinski definition) is 4. The number of esters is 2. The molecule has 0 N–H and O–H groups in total. The number of hydrogen-bond donors (Lipinski definition) is 0. The number of carbonyl (C=O) groups excluding carboxylic acids is 2. The van der Waals surface area contributed by atoms with Crippen LogP contribution in [0.15, 0.2) is 18.2 Å². The average molecular weight is 323 g/mol. The van der Waals surface area contributed by atoms with Crippen LogP contribution in [0.2, 0.25) is 10.0 Å². The molecule has 0 spiro atoms. The van der Waals surface area contributed by atoms with E-state index in [1.807, 2.05) is 0 Å². The highest BCUT2D eigenvalue weighted by molar-refractivity contribution is 6.43. The van der Waals surface area contributed by atoms with Crippen molar-refractivity contribution < 1.29 is 23.5 Å². The lowest BCUT2D eigenvalue weighted by molar-refractivity contribution is -0.144. The molecule has 1 rings (SSSR count). The molecule has 0 aromatic heterocycles. The van der Waals surface area contributed by atoms with Gasteiger partial charge in [-0.05, 0) is 18.6 Å². The molecule has 0 amide bonds. The smallest absolute Gasteiger partial charge is 0.311 e. The largest absolute Gasteiger partial charge is 0.463 e. The molecule has 0 bridgehead atoms. The fourth-order valence-corrected chi connectivity index (χ4v) is 1.67. The quantitative estimate of drug-likeness (QED) is 0.568. The second kappa shape index (κ2) is 8.76. The van der Waals surface area contributed by atoms with Crippen LogP contribution in [-0.2, 0) is 14.3 Å². The van der Waals surface area contributed by atoms with Gasteiger partial charge in [0.2, 0.25) is 0 Å². The van der Waals surface area contributed by atoms with Crippen molar-refractivity contribution >= 4 is 35.1 Å². The van der Waals surface area contributed by atoms with E-state index in [2.05, 4.69) is 4.74 Å². The van der Waals surface area contributed by atoms with Crippen LogP contribution in [-0.4, -0.2) is 25.2 Å². The Labute approximate surface area is 125 Å². The Hall–Kier alpha value is -1.33. The van der Waals surface area contributed by atoms with E-state index < -0.39 is 18.6 Å². The van der Waals surface area contributed by atoms with Gasteiger partial charge in [0, 0.05) is 12.8 Å². The van der Waals surface area contributed by atoms with Crippen molar-refractivity contribution in [1.82, 2.24) is 0 Å². The molecule has 1 aromatic rings. The minimum atomic E-state index is -0.721. The van der Waals surface area contributed by atoms with E-state index in [-0.39, 0.29) is 41.7 Å². The maximum absolute atomic E-state index is 11.7. The summed E-state index contributed by atoms with van der Waals surface area (Å²) in [6, 6.07) is 4.69. The average Bonchev–Trinajstić information content (AvgIpc) is 2.41. The van der Waals surface area contributed by atoms with E-state index in [9.17, 15) is 14.0 Å². The Kier molecular flexibility index (Phi) is 7.33. The summed E-state index contributed by atoms with van der Waals surface area (Å²) in [6.45, 7) is -0.984. The van der Waals surface area contributed by atoms with Crippen molar-refractivity contribution in [2.45, 2.75) is 19.3 Å². The van der Waals surface area contributed by atoms with Crippen LogP contribution in [0.1, 0.15) is 19.3 Å². The van der Waals surface area contributed by atoms with Gasteiger partial charge in [0.25, 0.3) is 0 Å². The molecule has 0 fully saturated rings. The van der Waals surface area contributed by atoms with Crippen LogP contribution in [0.3, 0.4) is 0 Å². The summed E-state index contributed by atoms with van der Waals surface area (Å²) < 4.78 is 21.3. The first kappa shape index (κ1) is 16.7. The molecule has 0 atom stereocenters. The molecule has 4 nitrogen and oxygen atoms in total. The maximum Gasteiger partial charge on any atom is 0.311 e. The summed E-state index contributed by atoms with van der Waals surface area (Å²) in [5.41, 5.74) is 0. The van der Waals surface area contributed by atoms with Crippen LogP contribution in [0, 0.1) is 0 Å². The zero-order chi connectivity index (χ0) is 15.0. The van der Waals surface area contributed by atoms with Crippen molar-refractivity contribution in [1.29, 1.82) is 0 Å². The van der Waals surface area contributed by atoms with E-state index in [4.69, 9.17) is 27.9 Å². The number of ether oxygens (including phenoxy) is 2. The van der Waals surface area contributed by atoms with Crippen molar-refractivity contribution in [3.8, 4) is 5.75 Å². The number of alkyl halides is 1. The molecule has 0 saturated heterocycles. The highest BCUT2D eigenvalue weighted by Crippen LogP contribution is 2.31. The first-order valence-corrected chi connectivity index (χ1v) is 6.66. The van der Waals surface area contributed by atoms with E-state index in [0.717, 1.165) is 0 Å². The Balaban J connectivity index is 2.34. The second-order valence-electron chi connectivity index (χ2n) is 3.79. The third-order valence-corrected chi connectivity index (χ3v) is 3.04. The van der Waals surface area contributed by atoms with E-state index >= 15 is 0 Å². The third-order valence-electron chi connectivity index (χ3n) is 2.24. The lowest BCUT2D eigenvalue weighted by Crippen LogP contribution is -2.11. The molecule has 110 valence electrons. The van der Waals surface area contributed by atoms with Crippen molar-refractivity contribution in [3.63, 3.8) is 0 Å². The topological polar surface area (TPSA) is 52.6 Å². The highest BCUT2D eigenvalue weighted by Gasteiger charge is 2.11. The predicted molar refractivity (Wildman–Crippen MR) is 72.9 cm³/mol. The Morgan fingerprint density at radius 3 is 2.55 bits per heavy atom. The molecule has 1 aromatic carbocycles. The molecule has 0 radical (unpaired) electrons. The predicted octanol–water partition coefficient (Wildman–Crippen LogP) is 3.58. The lowest BCUT2D eigenvalue weighted by atomic mass is 10.2. The van der Waals surface area contributed by atoms with Gasteiger partial charge in [-0.2, -0.15) is 0 Å². The zero-order valence-electron chi connectivity index (χ0n) is 10.5. The van der Waals surface area contributed by atoms with Crippen molar-refractivity contribution in [2.75, 3.05) is 13.3 Å². The minimum absolute atomic E-state index is 0.0214. The van der Waals surface area contributed by atoms with Crippen LogP contribution < -0.4 is 4.74 Å². The van der Waals surface area contributed by atoms with Crippen molar-refractivity contribution in [2.24, 2.45) is 0 Å². The SMILES string of the molecule is O=C(CCCC(=O)Oc1cccc(Cl)c1Cl)OCCF. The molecule has 0 saturated carbocycles. The highest BCUT2D eigenvalue weighted by atomic mass is 35.5. The summed E-state index contributed by atoms with van der Waals surface area (Å²) >= 11 is 11.6. The Morgan fingerprint density at radius 2 is 1.85 bits per heavy atom. The molecule has 20 heavy (non-hydrogen) atoms. The number of carbonyl (C=O) groups is 2. The molecule has 0 unspecified atom stereocenters. The normalized spacial score (nSPS) is 10.2.